The lowest BCUT2D eigenvalue weighted by molar-refractivity contribution is -0.119. The van der Waals surface area contributed by atoms with Crippen LogP contribution in [0.15, 0.2) is 68.6 Å². The van der Waals surface area contributed by atoms with Crippen LogP contribution >= 0.6 is 38.5 Å². The van der Waals surface area contributed by atoms with Gasteiger partial charge in [0.05, 0.1) is 12.8 Å². The van der Waals surface area contributed by atoms with Crippen molar-refractivity contribution in [3.8, 4) is 11.3 Å². The van der Waals surface area contributed by atoms with E-state index in [0.29, 0.717) is 5.76 Å². The molecular formula is C20H17BrIN3O2. The van der Waals surface area contributed by atoms with Crippen LogP contribution in [0.1, 0.15) is 11.3 Å². The molecule has 0 unspecified atom stereocenters. The Bertz CT molecular complexity index is 968. The average molecular weight is 538 g/mol. The summed E-state index contributed by atoms with van der Waals surface area (Å²) in [7, 11) is 0. The molecule has 0 spiro atoms. The maximum Gasteiger partial charge on any atom is 0.259 e. The van der Waals surface area contributed by atoms with Crippen molar-refractivity contribution in [2.45, 2.75) is 6.92 Å². The number of benzene rings is 2. The topological polar surface area (TPSA) is 66.6 Å². The first kappa shape index (κ1) is 19.6. The number of amides is 1. The maximum absolute atomic E-state index is 11.8. The largest absolute Gasteiger partial charge is 0.455 e. The van der Waals surface area contributed by atoms with E-state index in [1.165, 1.54) is 6.21 Å². The van der Waals surface area contributed by atoms with Crippen molar-refractivity contribution in [2.75, 3.05) is 11.9 Å². The van der Waals surface area contributed by atoms with E-state index in [0.717, 1.165) is 30.6 Å². The normalized spacial score (nSPS) is 10.9. The fraction of sp³-hybridized carbons (Fsp3) is 0.100. The summed E-state index contributed by atoms with van der Waals surface area (Å²) < 4.78 is 7.92. The van der Waals surface area contributed by atoms with Gasteiger partial charge in [-0.3, -0.25) is 4.79 Å². The number of nitrogens with zero attached hydrogens (tertiary/aromatic N) is 1. The molecule has 0 radical (unpaired) electrons. The van der Waals surface area contributed by atoms with E-state index >= 15 is 0 Å². The third-order valence-electron chi connectivity index (χ3n) is 3.76. The highest BCUT2D eigenvalue weighted by Crippen LogP contribution is 2.26. The van der Waals surface area contributed by atoms with Crippen LogP contribution in [0.5, 0.6) is 0 Å². The fourth-order valence-electron chi connectivity index (χ4n) is 2.28. The number of hydrogen-bond donors (Lipinski definition) is 2. The summed E-state index contributed by atoms with van der Waals surface area (Å²) in [4.78, 5) is 11.8. The second kappa shape index (κ2) is 9.18. The van der Waals surface area contributed by atoms with Crippen molar-refractivity contribution in [3.63, 3.8) is 0 Å². The van der Waals surface area contributed by atoms with Gasteiger partial charge in [-0.1, -0.05) is 28.1 Å². The van der Waals surface area contributed by atoms with Gasteiger partial charge < -0.3 is 9.73 Å². The minimum absolute atomic E-state index is 0.138. The molecule has 2 aromatic carbocycles. The Morgan fingerprint density at radius 3 is 2.70 bits per heavy atom. The first-order valence-electron chi connectivity index (χ1n) is 8.19. The van der Waals surface area contributed by atoms with Crippen LogP contribution in [0.4, 0.5) is 5.69 Å². The van der Waals surface area contributed by atoms with E-state index in [1.807, 2.05) is 61.5 Å². The monoisotopic (exact) mass is 537 g/mol. The SMILES string of the molecule is Cc1ccc(-c2ccc(/C=N/NC(=O)CNc3ccc(I)cc3)o2)cc1Br. The summed E-state index contributed by atoms with van der Waals surface area (Å²) in [6.07, 6.45) is 1.48. The molecule has 0 bridgehead atoms. The summed E-state index contributed by atoms with van der Waals surface area (Å²) >= 11 is 5.75. The van der Waals surface area contributed by atoms with Crippen molar-refractivity contribution in [2.24, 2.45) is 5.10 Å². The number of furan rings is 1. The van der Waals surface area contributed by atoms with E-state index in [2.05, 4.69) is 54.4 Å². The van der Waals surface area contributed by atoms with Crippen molar-refractivity contribution < 1.29 is 9.21 Å². The molecule has 0 aliphatic rings. The molecule has 0 saturated heterocycles. The number of nitrogens with one attached hydrogen (secondary N) is 2. The predicted octanol–water partition coefficient (Wildman–Crippen LogP) is 5.18. The Morgan fingerprint density at radius 2 is 1.96 bits per heavy atom. The van der Waals surface area contributed by atoms with Crippen molar-refractivity contribution in [3.05, 3.63) is 74.0 Å². The van der Waals surface area contributed by atoms with Gasteiger partial charge in [-0.2, -0.15) is 5.10 Å². The van der Waals surface area contributed by atoms with Gasteiger partial charge in [0, 0.05) is 19.3 Å². The van der Waals surface area contributed by atoms with Gasteiger partial charge >= 0.3 is 0 Å². The number of carbonyl (C=O) groups excluding carboxylic acids is 1. The number of carbonyl (C=O) groups is 1. The molecule has 0 aliphatic heterocycles. The number of aryl methyl sites for hydroxylation is 1. The predicted molar refractivity (Wildman–Crippen MR) is 120 cm³/mol. The molecular weight excluding hydrogens is 521 g/mol. The highest BCUT2D eigenvalue weighted by Gasteiger charge is 2.06. The molecule has 0 aliphatic carbocycles. The van der Waals surface area contributed by atoms with Crippen molar-refractivity contribution in [1.82, 2.24) is 5.43 Å². The molecule has 5 nitrogen and oxygen atoms in total. The quantitative estimate of drug-likeness (QED) is 0.258. The Morgan fingerprint density at radius 1 is 1.19 bits per heavy atom. The molecule has 3 rings (SSSR count). The number of rotatable bonds is 6. The van der Waals surface area contributed by atoms with Gasteiger partial charge in [-0.25, -0.2) is 5.43 Å². The summed E-state index contributed by atoms with van der Waals surface area (Å²) in [6, 6.07) is 17.5. The second-order valence-electron chi connectivity index (χ2n) is 5.82. The van der Waals surface area contributed by atoms with Crippen LogP contribution in [0.3, 0.4) is 0 Å². The zero-order valence-electron chi connectivity index (χ0n) is 14.5. The molecule has 3 aromatic rings. The van der Waals surface area contributed by atoms with Gasteiger partial charge in [0.1, 0.15) is 11.5 Å². The van der Waals surface area contributed by atoms with Crippen LogP contribution < -0.4 is 10.7 Å². The molecule has 1 aromatic heterocycles. The highest BCUT2D eigenvalue weighted by atomic mass is 127. The van der Waals surface area contributed by atoms with E-state index in [-0.39, 0.29) is 12.5 Å². The van der Waals surface area contributed by atoms with Crippen molar-refractivity contribution in [1.29, 1.82) is 0 Å². The average Bonchev–Trinajstić information content (AvgIpc) is 3.12. The molecule has 0 saturated carbocycles. The number of anilines is 1. The molecule has 2 N–H and O–H groups in total. The number of hydrazone groups is 1. The van der Waals surface area contributed by atoms with E-state index in [9.17, 15) is 4.79 Å². The highest BCUT2D eigenvalue weighted by molar-refractivity contribution is 14.1. The Hall–Kier alpha value is -2.13. The summed E-state index contributed by atoms with van der Waals surface area (Å²) in [5.41, 5.74) is 5.49. The molecule has 1 heterocycles. The first-order valence-corrected chi connectivity index (χ1v) is 10.1. The molecule has 27 heavy (non-hydrogen) atoms. The first-order chi connectivity index (χ1) is 13.0. The van der Waals surface area contributed by atoms with Gasteiger partial charge in [-0.05, 0) is 77.5 Å². The standard InChI is InChI=1S/C20H17BrIN3O2/c1-13-2-3-14(10-18(13)21)19-9-8-17(27-19)11-24-25-20(26)12-23-16-6-4-15(22)5-7-16/h2-11,23H,12H2,1H3,(H,25,26)/b24-11+. The van der Waals surface area contributed by atoms with Crippen LogP contribution in [-0.4, -0.2) is 18.7 Å². The molecule has 138 valence electrons. The van der Waals surface area contributed by atoms with Crippen LogP contribution in [0.25, 0.3) is 11.3 Å². The van der Waals surface area contributed by atoms with Crippen molar-refractivity contribution >= 4 is 56.3 Å². The zero-order valence-corrected chi connectivity index (χ0v) is 18.2. The van der Waals surface area contributed by atoms with E-state index in [1.54, 1.807) is 0 Å². The van der Waals surface area contributed by atoms with Gasteiger partial charge in [-0.15, -0.1) is 0 Å². The van der Waals surface area contributed by atoms with Crippen LogP contribution in [0.2, 0.25) is 0 Å². The summed E-state index contributed by atoms with van der Waals surface area (Å²) in [5, 5.41) is 6.98. The van der Waals surface area contributed by atoms with Crippen LogP contribution in [0, 0.1) is 10.5 Å². The number of halogens is 2. The maximum atomic E-state index is 11.8. The lowest BCUT2D eigenvalue weighted by atomic mass is 10.1. The lowest BCUT2D eigenvalue weighted by Gasteiger charge is -2.04. The van der Waals surface area contributed by atoms with Crippen LogP contribution in [-0.2, 0) is 4.79 Å². The van der Waals surface area contributed by atoms with E-state index < -0.39 is 0 Å². The minimum atomic E-state index is -0.237. The Balaban J connectivity index is 1.52. The third-order valence-corrected chi connectivity index (χ3v) is 5.33. The van der Waals surface area contributed by atoms with Gasteiger partial charge in [0.25, 0.3) is 5.91 Å². The number of hydrogen-bond acceptors (Lipinski definition) is 4. The smallest absolute Gasteiger partial charge is 0.259 e. The fourth-order valence-corrected chi connectivity index (χ4v) is 3.02. The second-order valence-corrected chi connectivity index (χ2v) is 7.92. The molecule has 7 heteroatoms. The molecule has 1 amide bonds. The lowest BCUT2D eigenvalue weighted by Crippen LogP contribution is -2.25. The third kappa shape index (κ3) is 5.67. The van der Waals surface area contributed by atoms with E-state index in [4.69, 9.17) is 4.42 Å². The molecule has 0 fully saturated rings. The van der Waals surface area contributed by atoms with Gasteiger partial charge in [0.2, 0.25) is 0 Å². The summed E-state index contributed by atoms with van der Waals surface area (Å²) in [6.45, 7) is 2.17. The minimum Gasteiger partial charge on any atom is -0.455 e. The zero-order chi connectivity index (χ0) is 19.2. The summed E-state index contributed by atoms with van der Waals surface area (Å²) in [5.74, 6) is 1.07. The Kier molecular flexibility index (Phi) is 6.68. The molecule has 0 atom stereocenters. The van der Waals surface area contributed by atoms with Gasteiger partial charge in [0.15, 0.2) is 0 Å². The Labute approximate surface area is 179 Å².